The molecule has 1 aromatic carbocycles. The summed E-state index contributed by atoms with van der Waals surface area (Å²) in [6, 6.07) is 8.30. The van der Waals surface area contributed by atoms with E-state index in [4.69, 9.17) is 10.5 Å². The van der Waals surface area contributed by atoms with Crippen molar-refractivity contribution in [2.75, 3.05) is 13.2 Å². The molecule has 2 heteroatoms. The van der Waals surface area contributed by atoms with E-state index in [1.165, 1.54) is 5.56 Å². The van der Waals surface area contributed by atoms with Gasteiger partial charge >= 0.3 is 0 Å². The molecule has 0 amide bonds. The molecule has 1 rings (SSSR count). The Balaban J connectivity index is 2.53. The first-order chi connectivity index (χ1) is 7.74. The highest BCUT2D eigenvalue weighted by Crippen LogP contribution is 2.20. The van der Waals surface area contributed by atoms with Crippen LogP contribution in [0.5, 0.6) is 5.75 Å². The van der Waals surface area contributed by atoms with Crippen LogP contribution < -0.4 is 10.5 Å². The van der Waals surface area contributed by atoms with Gasteiger partial charge in [-0.3, -0.25) is 0 Å². The molecule has 16 heavy (non-hydrogen) atoms. The molecule has 0 radical (unpaired) electrons. The molecule has 2 N–H and O–H groups in total. The maximum Gasteiger partial charge on any atom is 0.122 e. The van der Waals surface area contributed by atoms with Gasteiger partial charge in [0.2, 0.25) is 0 Å². The van der Waals surface area contributed by atoms with Crippen LogP contribution >= 0.6 is 0 Å². The molecule has 0 fully saturated rings. The molecule has 0 aliphatic rings. The van der Waals surface area contributed by atoms with Crippen LogP contribution in [0.1, 0.15) is 32.3 Å². The van der Waals surface area contributed by atoms with E-state index in [9.17, 15) is 0 Å². The van der Waals surface area contributed by atoms with E-state index in [0.29, 0.717) is 5.92 Å². The van der Waals surface area contributed by atoms with Crippen molar-refractivity contribution < 1.29 is 4.74 Å². The molecule has 0 heterocycles. The highest BCUT2D eigenvalue weighted by molar-refractivity contribution is 5.33. The van der Waals surface area contributed by atoms with Crippen LogP contribution in [0.15, 0.2) is 24.3 Å². The van der Waals surface area contributed by atoms with Crippen LogP contribution in [0, 0.1) is 5.92 Å². The monoisotopic (exact) mass is 221 g/mol. The van der Waals surface area contributed by atoms with Crippen LogP contribution in [-0.2, 0) is 6.42 Å². The smallest absolute Gasteiger partial charge is 0.122 e. The number of hydrogen-bond donors (Lipinski definition) is 1. The molecule has 0 saturated heterocycles. The van der Waals surface area contributed by atoms with Crippen molar-refractivity contribution in [3.05, 3.63) is 29.8 Å². The molecule has 0 spiro atoms. The van der Waals surface area contributed by atoms with Gasteiger partial charge in [-0.2, -0.15) is 0 Å². The standard InChI is InChI=1S/C14H23NO/c1-12(2)11-16-14-9-4-3-7-13(14)8-5-6-10-15/h3-4,7,9,12H,5-6,8,10-11,15H2,1-2H3. The summed E-state index contributed by atoms with van der Waals surface area (Å²) in [4.78, 5) is 0. The molecule has 0 unspecified atom stereocenters. The van der Waals surface area contributed by atoms with E-state index in [1.807, 2.05) is 6.07 Å². The molecule has 0 aliphatic heterocycles. The highest BCUT2D eigenvalue weighted by atomic mass is 16.5. The fourth-order valence-electron chi connectivity index (χ4n) is 1.57. The summed E-state index contributed by atoms with van der Waals surface area (Å²) in [5.74, 6) is 1.60. The van der Waals surface area contributed by atoms with Gasteiger partial charge < -0.3 is 10.5 Å². The summed E-state index contributed by atoms with van der Waals surface area (Å²) in [5, 5.41) is 0. The highest BCUT2D eigenvalue weighted by Gasteiger charge is 2.03. The normalized spacial score (nSPS) is 10.8. The minimum Gasteiger partial charge on any atom is -0.493 e. The minimum absolute atomic E-state index is 0.567. The van der Waals surface area contributed by atoms with Gasteiger partial charge in [0, 0.05) is 0 Å². The Hall–Kier alpha value is -1.02. The number of ether oxygens (including phenoxy) is 1. The SMILES string of the molecule is CC(C)COc1ccccc1CCCCN. The molecule has 1 aromatic rings. The van der Waals surface area contributed by atoms with E-state index in [1.54, 1.807) is 0 Å². The molecule has 90 valence electrons. The fourth-order valence-corrected chi connectivity index (χ4v) is 1.57. The maximum absolute atomic E-state index is 5.80. The number of hydrogen-bond acceptors (Lipinski definition) is 2. The first kappa shape index (κ1) is 13.0. The molecular weight excluding hydrogens is 198 g/mol. The molecule has 0 saturated carbocycles. The van der Waals surface area contributed by atoms with Crippen molar-refractivity contribution in [2.45, 2.75) is 33.1 Å². The summed E-state index contributed by atoms with van der Waals surface area (Å²) in [7, 11) is 0. The molecule has 0 bridgehead atoms. The molecule has 0 aromatic heterocycles. The van der Waals surface area contributed by atoms with Crippen LogP contribution in [-0.4, -0.2) is 13.2 Å². The summed E-state index contributed by atoms with van der Waals surface area (Å²) in [6.07, 6.45) is 3.28. The maximum atomic E-state index is 5.80. The second-order valence-electron chi connectivity index (χ2n) is 4.56. The van der Waals surface area contributed by atoms with Crippen molar-refractivity contribution in [1.29, 1.82) is 0 Å². The van der Waals surface area contributed by atoms with Crippen molar-refractivity contribution in [3.63, 3.8) is 0 Å². The number of aryl methyl sites for hydroxylation is 1. The van der Waals surface area contributed by atoms with E-state index in [-0.39, 0.29) is 0 Å². The van der Waals surface area contributed by atoms with E-state index in [0.717, 1.165) is 38.2 Å². The lowest BCUT2D eigenvalue weighted by Gasteiger charge is -2.12. The van der Waals surface area contributed by atoms with Crippen LogP contribution in [0.4, 0.5) is 0 Å². The number of unbranched alkanes of at least 4 members (excludes halogenated alkanes) is 1. The van der Waals surface area contributed by atoms with Crippen molar-refractivity contribution in [3.8, 4) is 5.75 Å². The van der Waals surface area contributed by atoms with Gasteiger partial charge in [-0.05, 0) is 43.4 Å². The van der Waals surface area contributed by atoms with Gasteiger partial charge in [0.15, 0.2) is 0 Å². The van der Waals surface area contributed by atoms with E-state index in [2.05, 4.69) is 32.0 Å². The number of benzene rings is 1. The van der Waals surface area contributed by atoms with Crippen LogP contribution in [0.2, 0.25) is 0 Å². The van der Waals surface area contributed by atoms with Gasteiger partial charge in [-0.25, -0.2) is 0 Å². The Bertz CT molecular complexity index is 297. The lowest BCUT2D eigenvalue weighted by Crippen LogP contribution is -2.06. The number of rotatable bonds is 7. The second-order valence-corrected chi connectivity index (χ2v) is 4.56. The van der Waals surface area contributed by atoms with Gasteiger partial charge in [-0.15, -0.1) is 0 Å². The average Bonchev–Trinajstić information content (AvgIpc) is 2.28. The van der Waals surface area contributed by atoms with Crippen LogP contribution in [0.3, 0.4) is 0 Å². The van der Waals surface area contributed by atoms with E-state index >= 15 is 0 Å². The fraction of sp³-hybridized carbons (Fsp3) is 0.571. The van der Waals surface area contributed by atoms with Crippen molar-refractivity contribution in [2.24, 2.45) is 11.7 Å². The summed E-state index contributed by atoms with van der Waals surface area (Å²) in [5.41, 5.74) is 6.80. The Morgan fingerprint density at radius 1 is 1.19 bits per heavy atom. The van der Waals surface area contributed by atoms with Crippen LogP contribution in [0.25, 0.3) is 0 Å². The Morgan fingerprint density at radius 3 is 2.62 bits per heavy atom. The zero-order valence-electron chi connectivity index (χ0n) is 10.4. The van der Waals surface area contributed by atoms with Gasteiger partial charge in [-0.1, -0.05) is 32.0 Å². The average molecular weight is 221 g/mol. The Morgan fingerprint density at radius 2 is 1.94 bits per heavy atom. The van der Waals surface area contributed by atoms with Crippen molar-refractivity contribution in [1.82, 2.24) is 0 Å². The van der Waals surface area contributed by atoms with Crippen molar-refractivity contribution >= 4 is 0 Å². The molecule has 0 atom stereocenters. The second kappa shape index (κ2) is 7.29. The lowest BCUT2D eigenvalue weighted by molar-refractivity contribution is 0.268. The zero-order chi connectivity index (χ0) is 11.8. The lowest BCUT2D eigenvalue weighted by atomic mass is 10.1. The summed E-state index contributed by atoms with van der Waals surface area (Å²) in [6.45, 7) is 5.89. The topological polar surface area (TPSA) is 35.2 Å². The first-order valence-corrected chi connectivity index (χ1v) is 6.14. The summed E-state index contributed by atoms with van der Waals surface area (Å²) < 4.78 is 5.80. The third kappa shape index (κ3) is 4.67. The predicted octanol–water partition coefficient (Wildman–Crippen LogP) is 3.00. The molecule has 0 aliphatic carbocycles. The Kier molecular flexibility index (Phi) is 5.94. The number of para-hydroxylation sites is 1. The zero-order valence-corrected chi connectivity index (χ0v) is 10.4. The Labute approximate surface area is 98.8 Å². The van der Waals surface area contributed by atoms with Gasteiger partial charge in [0.05, 0.1) is 6.61 Å². The third-order valence-corrected chi connectivity index (χ3v) is 2.45. The summed E-state index contributed by atoms with van der Waals surface area (Å²) >= 11 is 0. The molecule has 2 nitrogen and oxygen atoms in total. The quantitative estimate of drug-likeness (QED) is 0.718. The van der Waals surface area contributed by atoms with Gasteiger partial charge in [0.25, 0.3) is 0 Å². The third-order valence-electron chi connectivity index (χ3n) is 2.45. The van der Waals surface area contributed by atoms with Gasteiger partial charge in [0.1, 0.15) is 5.75 Å². The predicted molar refractivity (Wildman–Crippen MR) is 68.8 cm³/mol. The minimum atomic E-state index is 0.567. The molecular formula is C14H23NO. The largest absolute Gasteiger partial charge is 0.493 e. The number of nitrogens with two attached hydrogens (primary N) is 1. The first-order valence-electron chi connectivity index (χ1n) is 6.14. The van der Waals surface area contributed by atoms with E-state index < -0.39 is 0 Å².